The number of esters is 1. The number of nitrogens with zero attached hydrogens (tertiary/aromatic N) is 1. The van der Waals surface area contributed by atoms with E-state index in [0.29, 0.717) is 16.5 Å². The fourth-order valence-corrected chi connectivity index (χ4v) is 2.29. The number of benzene rings is 1. The summed E-state index contributed by atoms with van der Waals surface area (Å²) in [6.45, 7) is 3.73. The molecule has 2 N–H and O–H groups in total. The van der Waals surface area contributed by atoms with Crippen molar-refractivity contribution in [3.8, 4) is 11.6 Å². The molecule has 0 atom stereocenters. The maximum Gasteiger partial charge on any atom is 0.343 e. The second kappa shape index (κ2) is 6.01. The lowest BCUT2D eigenvalue weighted by atomic mass is 10.1. The Morgan fingerprint density at radius 1 is 1.24 bits per heavy atom. The molecule has 0 aliphatic rings. The number of aromatic nitrogens is 1. The average Bonchev–Trinajstić information content (AvgIpc) is 2.43. The molecule has 0 aliphatic heterocycles. The van der Waals surface area contributed by atoms with Crippen molar-refractivity contribution in [1.82, 2.24) is 4.98 Å². The van der Waals surface area contributed by atoms with Crippen LogP contribution in [0.3, 0.4) is 0 Å². The Balaban J connectivity index is 2.47. The fraction of sp³-hybridized carbons (Fsp3) is 0.200. The number of rotatable bonds is 3. The van der Waals surface area contributed by atoms with Crippen LogP contribution in [0.5, 0.6) is 11.6 Å². The summed E-state index contributed by atoms with van der Waals surface area (Å²) >= 11 is 5.99. The maximum absolute atomic E-state index is 11.8. The van der Waals surface area contributed by atoms with Crippen LogP contribution in [0.2, 0.25) is 5.02 Å². The van der Waals surface area contributed by atoms with Gasteiger partial charge < -0.3 is 15.2 Å². The van der Waals surface area contributed by atoms with E-state index in [1.807, 2.05) is 13.8 Å². The number of halogens is 1. The number of aryl methyl sites for hydroxylation is 2. The van der Waals surface area contributed by atoms with Crippen LogP contribution in [0.1, 0.15) is 21.5 Å². The molecule has 1 aromatic carbocycles. The first-order valence-electron chi connectivity index (χ1n) is 6.20. The number of nitrogens with two attached hydrogens (primary N) is 1. The van der Waals surface area contributed by atoms with Gasteiger partial charge in [0.25, 0.3) is 0 Å². The molecule has 0 saturated heterocycles. The Morgan fingerprint density at radius 3 is 2.43 bits per heavy atom. The van der Waals surface area contributed by atoms with E-state index in [4.69, 9.17) is 26.8 Å². The van der Waals surface area contributed by atoms with Gasteiger partial charge in [0.15, 0.2) is 0 Å². The number of hydrogen-bond donors (Lipinski definition) is 1. The highest BCUT2D eigenvalue weighted by Crippen LogP contribution is 2.32. The zero-order chi connectivity index (χ0) is 15.6. The van der Waals surface area contributed by atoms with Crippen LogP contribution in [-0.4, -0.2) is 18.1 Å². The van der Waals surface area contributed by atoms with E-state index in [2.05, 4.69) is 4.98 Å². The molecule has 0 spiro atoms. The van der Waals surface area contributed by atoms with Crippen molar-refractivity contribution in [3.63, 3.8) is 0 Å². The first kappa shape index (κ1) is 15.1. The first-order valence-corrected chi connectivity index (χ1v) is 6.58. The van der Waals surface area contributed by atoms with E-state index < -0.39 is 5.97 Å². The number of hydrogen-bond acceptors (Lipinski definition) is 5. The SMILES string of the molecule is COC(=O)c1cc(N)cnc1Oc1c(C)cc(Cl)cc1C. The van der Waals surface area contributed by atoms with Crippen molar-refractivity contribution in [1.29, 1.82) is 0 Å². The number of carbonyl (C=O) groups excluding carboxylic acids is 1. The third kappa shape index (κ3) is 3.25. The summed E-state index contributed by atoms with van der Waals surface area (Å²) in [6, 6.07) is 5.02. The van der Waals surface area contributed by atoms with Crippen molar-refractivity contribution in [3.05, 3.63) is 46.1 Å². The van der Waals surface area contributed by atoms with Gasteiger partial charge in [-0.1, -0.05) is 11.6 Å². The Morgan fingerprint density at radius 2 is 1.86 bits per heavy atom. The average molecular weight is 307 g/mol. The fourth-order valence-electron chi connectivity index (χ4n) is 1.96. The van der Waals surface area contributed by atoms with E-state index in [1.54, 1.807) is 12.1 Å². The quantitative estimate of drug-likeness (QED) is 0.878. The van der Waals surface area contributed by atoms with E-state index >= 15 is 0 Å². The van der Waals surface area contributed by atoms with Crippen molar-refractivity contribution in [2.24, 2.45) is 0 Å². The molecule has 5 nitrogen and oxygen atoms in total. The minimum Gasteiger partial charge on any atom is -0.465 e. The topological polar surface area (TPSA) is 74.4 Å². The molecule has 2 aromatic rings. The summed E-state index contributed by atoms with van der Waals surface area (Å²) in [5, 5.41) is 0.621. The van der Waals surface area contributed by atoms with E-state index in [0.717, 1.165) is 11.1 Å². The Bertz CT molecular complexity index is 678. The van der Waals surface area contributed by atoms with Gasteiger partial charge in [-0.3, -0.25) is 0 Å². The molecule has 0 aliphatic carbocycles. The van der Waals surface area contributed by atoms with Crippen molar-refractivity contribution in [2.45, 2.75) is 13.8 Å². The Labute approximate surface area is 127 Å². The van der Waals surface area contributed by atoms with E-state index in [9.17, 15) is 4.79 Å². The Hall–Kier alpha value is -2.27. The lowest BCUT2D eigenvalue weighted by molar-refractivity contribution is 0.0597. The van der Waals surface area contributed by atoms with Gasteiger partial charge in [-0.25, -0.2) is 9.78 Å². The summed E-state index contributed by atoms with van der Waals surface area (Å²) in [7, 11) is 1.29. The highest BCUT2D eigenvalue weighted by molar-refractivity contribution is 6.30. The standard InChI is InChI=1S/C15H15ClN2O3/c1-8-4-10(16)5-9(2)13(8)21-14-12(15(19)20-3)6-11(17)7-18-14/h4-7H,17H2,1-3H3. The monoisotopic (exact) mass is 306 g/mol. The molecule has 0 radical (unpaired) electrons. The number of ether oxygens (including phenoxy) is 2. The number of nitrogen functional groups attached to an aromatic ring is 1. The predicted octanol–water partition coefficient (Wildman–Crippen LogP) is 3.51. The molecule has 6 heteroatoms. The molecular formula is C15H15ClN2O3. The normalized spacial score (nSPS) is 10.3. The predicted molar refractivity (Wildman–Crippen MR) is 81.0 cm³/mol. The molecule has 0 saturated carbocycles. The second-order valence-electron chi connectivity index (χ2n) is 4.58. The zero-order valence-electron chi connectivity index (χ0n) is 11.9. The van der Waals surface area contributed by atoms with Gasteiger partial charge in [0, 0.05) is 5.02 Å². The Kier molecular flexibility index (Phi) is 4.33. The van der Waals surface area contributed by atoms with Gasteiger partial charge in [0.05, 0.1) is 19.0 Å². The van der Waals surface area contributed by atoms with Gasteiger partial charge in [-0.15, -0.1) is 0 Å². The molecule has 0 amide bonds. The van der Waals surface area contributed by atoms with Crippen LogP contribution in [0.4, 0.5) is 5.69 Å². The number of anilines is 1. The van der Waals surface area contributed by atoms with Gasteiger partial charge in [0.2, 0.25) is 5.88 Å². The van der Waals surface area contributed by atoms with E-state index in [1.165, 1.54) is 19.4 Å². The molecule has 110 valence electrons. The molecule has 2 rings (SSSR count). The molecule has 0 bridgehead atoms. The third-order valence-electron chi connectivity index (χ3n) is 2.90. The number of methoxy groups -OCH3 is 1. The molecule has 1 heterocycles. The van der Waals surface area contributed by atoms with Crippen LogP contribution >= 0.6 is 11.6 Å². The summed E-state index contributed by atoms with van der Waals surface area (Å²) in [5.74, 6) is 0.181. The molecule has 0 fully saturated rings. The van der Waals surface area contributed by atoms with Crippen molar-refractivity contribution in [2.75, 3.05) is 12.8 Å². The molecule has 21 heavy (non-hydrogen) atoms. The lowest BCUT2D eigenvalue weighted by Gasteiger charge is -2.13. The summed E-state index contributed by atoms with van der Waals surface area (Å²) in [4.78, 5) is 15.8. The number of pyridine rings is 1. The molecule has 0 unspecified atom stereocenters. The highest BCUT2D eigenvalue weighted by atomic mass is 35.5. The van der Waals surface area contributed by atoms with Crippen LogP contribution < -0.4 is 10.5 Å². The highest BCUT2D eigenvalue weighted by Gasteiger charge is 2.17. The van der Waals surface area contributed by atoms with Gasteiger partial charge in [0.1, 0.15) is 11.3 Å². The lowest BCUT2D eigenvalue weighted by Crippen LogP contribution is -2.07. The minimum atomic E-state index is -0.561. The number of carbonyl (C=O) groups is 1. The van der Waals surface area contributed by atoms with Crippen molar-refractivity contribution >= 4 is 23.3 Å². The zero-order valence-corrected chi connectivity index (χ0v) is 12.7. The maximum atomic E-state index is 11.8. The van der Waals surface area contributed by atoms with Gasteiger partial charge in [-0.2, -0.15) is 0 Å². The molecular weight excluding hydrogens is 292 g/mol. The second-order valence-corrected chi connectivity index (χ2v) is 5.02. The molecule has 1 aromatic heterocycles. The first-order chi connectivity index (χ1) is 9.92. The van der Waals surface area contributed by atoms with Gasteiger partial charge >= 0.3 is 5.97 Å². The summed E-state index contributed by atoms with van der Waals surface area (Å²) in [6.07, 6.45) is 1.42. The van der Waals surface area contributed by atoms with Gasteiger partial charge in [-0.05, 0) is 43.2 Å². The van der Waals surface area contributed by atoms with Crippen LogP contribution in [-0.2, 0) is 4.74 Å². The largest absolute Gasteiger partial charge is 0.465 e. The van der Waals surface area contributed by atoms with Crippen LogP contribution in [0.25, 0.3) is 0 Å². The van der Waals surface area contributed by atoms with Crippen molar-refractivity contribution < 1.29 is 14.3 Å². The summed E-state index contributed by atoms with van der Waals surface area (Å²) in [5.41, 5.74) is 7.86. The smallest absolute Gasteiger partial charge is 0.343 e. The van der Waals surface area contributed by atoms with E-state index in [-0.39, 0.29) is 11.4 Å². The van der Waals surface area contributed by atoms with Crippen LogP contribution in [0, 0.1) is 13.8 Å². The minimum absolute atomic E-state index is 0.143. The third-order valence-corrected chi connectivity index (χ3v) is 3.12. The summed E-state index contributed by atoms with van der Waals surface area (Å²) < 4.78 is 10.5. The van der Waals surface area contributed by atoms with Crippen LogP contribution in [0.15, 0.2) is 24.4 Å².